The molecule has 1 saturated heterocycles. The van der Waals surface area contributed by atoms with Gasteiger partial charge in [-0.25, -0.2) is 0 Å². The topological polar surface area (TPSA) is 41.1 Å². The molecule has 1 aromatic carbocycles. The molecular formula is C11H13ClN2O. The highest BCUT2D eigenvalue weighted by atomic mass is 35.5. The van der Waals surface area contributed by atoms with Crippen molar-refractivity contribution in [1.29, 1.82) is 0 Å². The van der Waals surface area contributed by atoms with Crippen LogP contribution >= 0.6 is 11.6 Å². The van der Waals surface area contributed by atoms with Gasteiger partial charge in [-0.15, -0.1) is 0 Å². The zero-order valence-corrected chi connectivity index (χ0v) is 9.05. The van der Waals surface area contributed by atoms with Crippen molar-refractivity contribution in [3.8, 4) is 0 Å². The molecule has 1 heterocycles. The van der Waals surface area contributed by atoms with E-state index in [2.05, 4.69) is 10.6 Å². The third-order valence-corrected chi connectivity index (χ3v) is 2.87. The summed E-state index contributed by atoms with van der Waals surface area (Å²) in [6.45, 7) is 2.70. The highest BCUT2D eigenvalue weighted by Crippen LogP contribution is 2.14. The Bertz CT molecular complexity index is 363. The number of amides is 1. The van der Waals surface area contributed by atoms with Gasteiger partial charge in [0.2, 0.25) is 0 Å². The summed E-state index contributed by atoms with van der Waals surface area (Å²) in [7, 11) is 0. The Morgan fingerprint density at radius 3 is 2.80 bits per heavy atom. The molecule has 0 spiro atoms. The van der Waals surface area contributed by atoms with E-state index in [9.17, 15) is 4.79 Å². The van der Waals surface area contributed by atoms with E-state index in [0.29, 0.717) is 16.5 Å². The summed E-state index contributed by atoms with van der Waals surface area (Å²) in [5.74, 6) is 0.476. The average Bonchev–Trinajstić information content (AvgIpc) is 2.16. The number of hydrogen-bond donors (Lipinski definition) is 2. The molecule has 2 N–H and O–H groups in total. The lowest BCUT2D eigenvalue weighted by atomic mass is 10.0. The van der Waals surface area contributed by atoms with E-state index in [0.717, 1.165) is 19.6 Å². The zero-order valence-electron chi connectivity index (χ0n) is 8.29. The van der Waals surface area contributed by atoms with E-state index < -0.39 is 0 Å². The Kier molecular flexibility index (Phi) is 3.23. The molecule has 2 rings (SSSR count). The molecule has 0 aliphatic carbocycles. The molecule has 1 aliphatic rings. The van der Waals surface area contributed by atoms with E-state index in [1.54, 1.807) is 12.1 Å². The van der Waals surface area contributed by atoms with Crippen LogP contribution in [0.15, 0.2) is 24.3 Å². The molecule has 4 heteroatoms. The van der Waals surface area contributed by atoms with Crippen molar-refractivity contribution in [2.75, 3.05) is 19.6 Å². The summed E-state index contributed by atoms with van der Waals surface area (Å²) in [6, 6.07) is 7.08. The van der Waals surface area contributed by atoms with Crippen molar-refractivity contribution >= 4 is 17.5 Å². The third kappa shape index (κ3) is 2.49. The van der Waals surface area contributed by atoms with Crippen LogP contribution in [0.25, 0.3) is 0 Å². The van der Waals surface area contributed by atoms with Crippen LogP contribution in [-0.4, -0.2) is 25.5 Å². The van der Waals surface area contributed by atoms with Gasteiger partial charge in [0.05, 0.1) is 10.6 Å². The second kappa shape index (κ2) is 4.64. The standard InChI is InChI=1S/C11H13ClN2O/c12-10-4-2-1-3-9(10)11(15)14-7-8-5-13-6-8/h1-4,8,13H,5-7H2,(H,14,15). The van der Waals surface area contributed by atoms with E-state index in [1.807, 2.05) is 12.1 Å². The number of rotatable bonds is 3. The van der Waals surface area contributed by atoms with Gasteiger partial charge >= 0.3 is 0 Å². The Morgan fingerprint density at radius 2 is 2.20 bits per heavy atom. The summed E-state index contributed by atoms with van der Waals surface area (Å²) in [4.78, 5) is 11.7. The van der Waals surface area contributed by atoms with E-state index in [-0.39, 0.29) is 5.91 Å². The van der Waals surface area contributed by atoms with Gasteiger partial charge in [0.15, 0.2) is 0 Å². The first-order valence-electron chi connectivity index (χ1n) is 5.01. The van der Waals surface area contributed by atoms with Crippen molar-refractivity contribution in [2.24, 2.45) is 5.92 Å². The highest BCUT2D eigenvalue weighted by Gasteiger charge is 2.18. The smallest absolute Gasteiger partial charge is 0.252 e. The molecule has 15 heavy (non-hydrogen) atoms. The SMILES string of the molecule is O=C(NCC1CNC1)c1ccccc1Cl. The van der Waals surface area contributed by atoms with Gasteiger partial charge in [-0.1, -0.05) is 23.7 Å². The van der Waals surface area contributed by atoms with Crippen molar-refractivity contribution in [2.45, 2.75) is 0 Å². The number of carbonyl (C=O) groups excluding carboxylic acids is 1. The second-order valence-corrected chi connectivity index (χ2v) is 4.12. The van der Waals surface area contributed by atoms with Crippen molar-refractivity contribution in [1.82, 2.24) is 10.6 Å². The first kappa shape index (κ1) is 10.5. The van der Waals surface area contributed by atoms with Crippen molar-refractivity contribution in [3.63, 3.8) is 0 Å². The number of halogens is 1. The van der Waals surface area contributed by atoms with Crippen LogP contribution in [0.5, 0.6) is 0 Å². The van der Waals surface area contributed by atoms with Crippen LogP contribution in [-0.2, 0) is 0 Å². The van der Waals surface area contributed by atoms with Crippen LogP contribution in [0.3, 0.4) is 0 Å². The fourth-order valence-corrected chi connectivity index (χ4v) is 1.69. The van der Waals surface area contributed by atoms with E-state index >= 15 is 0 Å². The monoisotopic (exact) mass is 224 g/mol. The summed E-state index contributed by atoms with van der Waals surface area (Å²) in [5.41, 5.74) is 0.548. The van der Waals surface area contributed by atoms with Crippen molar-refractivity contribution < 1.29 is 4.79 Å². The normalized spacial score (nSPS) is 15.8. The highest BCUT2D eigenvalue weighted by molar-refractivity contribution is 6.33. The molecule has 1 aromatic rings. The molecule has 0 radical (unpaired) electrons. The molecule has 0 saturated carbocycles. The molecule has 0 aromatic heterocycles. The predicted molar refractivity (Wildman–Crippen MR) is 60.1 cm³/mol. The minimum Gasteiger partial charge on any atom is -0.352 e. The fourth-order valence-electron chi connectivity index (χ4n) is 1.47. The maximum absolute atomic E-state index is 11.7. The maximum atomic E-state index is 11.7. The lowest BCUT2D eigenvalue weighted by molar-refractivity contribution is 0.0942. The van der Waals surface area contributed by atoms with Crippen LogP contribution in [0.2, 0.25) is 5.02 Å². The molecule has 0 bridgehead atoms. The largest absolute Gasteiger partial charge is 0.352 e. The predicted octanol–water partition coefficient (Wildman–Crippen LogP) is 1.29. The van der Waals surface area contributed by atoms with Crippen molar-refractivity contribution in [3.05, 3.63) is 34.9 Å². The van der Waals surface area contributed by atoms with Crippen LogP contribution in [0.1, 0.15) is 10.4 Å². The summed E-state index contributed by atoms with van der Waals surface area (Å²) >= 11 is 5.91. The Hall–Kier alpha value is -1.06. The molecule has 0 unspecified atom stereocenters. The molecule has 0 atom stereocenters. The van der Waals surface area contributed by atoms with Crippen LogP contribution in [0.4, 0.5) is 0 Å². The number of hydrogen-bond acceptors (Lipinski definition) is 2. The van der Waals surface area contributed by atoms with Crippen LogP contribution < -0.4 is 10.6 Å². The minimum absolute atomic E-state index is 0.0903. The van der Waals surface area contributed by atoms with E-state index in [1.165, 1.54) is 0 Å². The first-order valence-corrected chi connectivity index (χ1v) is 5.38. The summed E-state index contributed by atoms with van der Waals surface area (Å²) in [6.07, 6.45) is 0. The molecular weight excluding hydrogens is 212 g/mol. The minimum atomic E-state index is -0.0903. The summed E-state index contributed by atoms with van der Waals surface area (Å²) in [5, 5.41) is 6.54. The average molecular weight is 225 g/mol. The summed E-state index contributed by atoms with van der Waals surface area (Å²) < 4.78 is 0. The number of nitrogens with one attached hydrogen (secondary N) is 2. The maximum Gasteiger partial charge on any atom is 0.252 e. The Labute approximate surface area is 93.8 Å². The van der Waals surface area contributed by atoms with Gasteiger partial charge in [-0.05, 0) is 12.1 Å². The lowest BCUT2D eigenvalue weighted by Crippen LogP contribution is -2.48. The van der Waals surface area contributed by atoms with Gasteiger partial charge in [0, 0.05) is 25.6 Å². The quantitative estimate of drug-likeness (QED) is 0.813. The first-order chi connectivity index (χ1) is 7.27. The van der Waals surface area contributed by atoms with Crippen LogP contribution in [0, 0.1) is 5.92 Å². The van der Waals surface area contributed by atoms with Gasteiger partial charge in [-0.2, -0.15) is 0 Å². The Balaban J connectivity index is 1.92. The lowest BCUT2D eigenvalue weighted by Gasteiger charge is -2.27. The fraction of sp³-hybridized carbons (Fsp3) is 0.364. The molecule has 1 amide bonds. The van der Waals surface area contributed by atoms with E-state index in [4.69, 9.17) is 11.6 Å². The third-order valence-electron chi connectivity index (χ3n) is 2.54. The number of benzene rings is 1. The van der Waals surface area contributed by atoms with Gasteiger partial charge in [0.1, 0.15) is 0 Å². The molecule has 1 aliphatic heterocycles. The molecule has 1 fully saturated rings. The molecule has 3 nitrogen and oxygen atoms in total. The number of carbonyl (C=O) groups is 1. The second-order valence-electron chi connectivity index (χ2n) is 3.71. The Morgan fingerprint density at radius 1 is 1.47 bits per heavy atom. The molecule has 80 valence electrons. The van der Waals surface area contributed by atoms with Gasteiger partial charge < -0.3 is 10.6 Å². The zero-order chi connectivity index (χ0) is 10.7. The van der Waals surface area contributed by atoms with Gasteiger partial charge in [-0.3, -0.25) is 4.79 Å². The van der Waals surface area contributed by atoms with Gasteiger partial charge in [0.25, 0.3) is 5.91 Å².